The first-order valence-electron chi connectivity index (χ1n) is 10.9. The number of hydrogen-bond donors (Lipinski definition) is 2. The quantitative estimate of drug-likeness (QED) is 0.237. The molecule has 0 atom stereocenters. The Morgan fingerprint density at radius 3 is 2.55 bits per heavy atom. The van der Waals surface area contributed by atoms with E-state index >= 15 is 0 Å². The summed E-state index contributed by atoms with van der Waals surface area (Å²) in [7, 11) is 0. The van der Waals surface area contributed by atoms with E-state index in [0.717, 1.165) is 35.2 Å². The first-order chi connectivity index (χ1) is 16.0. The molecule has 0 spiro atoms. The molecule has 0 aliphatic carbocycles. The van der Waals surface area contributed by atoms with Gasteiger partial charge in [-0.25, -0.2) is 0 Å². The summed E-state index contributed by atoms with van der Waals surface area (Å²) >= 11 is 8.76. The molecule has 0 saturated heterocycles. The van der Waals surface area contributed by atoms with Crippen LogP contribution in [0.15, 0.2) is 77.3 Å². The fraction of sp³-hybridized carbons (Fsp3) is 0.231. The molecular formula is C26H27BrN2O3S. The highest BCUT2D eigenvalue weighted by Crippen LogP contribution is 2.26. The van der Waals surface area contributed by atoms with Gasteiger partial charge in [-0.15, -0.1) is 0 Å². The maximum atomic E-state index is 12.6. The highest BCUT2D eigenvalue weighted by Gasteiger charge is 2.11. The van der Waals surface area contributed by atoms with E-state index in [1.165, 1.54) is 5.56 Å². The van der Waals surface area contributed by atoms with E-state index in [0.29, 0.717) is 24.5 Å². The Balaban J connectivity index is 1.47. The van der Waals surface area contributed by atoms with Crippen LogP contribution >= 0.6 is 28.1 Å². The number of anilines is 1. The molecule has 2 N–H and O–H groups in total. The van der Waals surface area contributed by atoms with Crippen LogP contribution in [0.25, 0.3) is 0 Å². The second-order valence-corrected chi connectivity index (χ2v) is 8.63. The fourth-order valence-electron chi connectivity index (χ4n) is 3.08. The monoisotopic (exact) mass is 526 g/mol. The summed E-state index contributed by atoms with van der Waals surface area (Å²) in [6.07, 6.45) is 2.80. The summed E-state index contributed by atoms with van der Waals surface area (Å²) in [6.45, 7) is 3.28. The van der Waals surface area contributed by atoms with Crippen molar-refractivity contribution in [2.24, 2.45) is 0 Å². The third kappa shape index (κ3) is 8.18. The zero-order valence-electron chi connectivity index (χ0n) is 18.5. The molecule has 0 radical (unpaired) electrons. The van der Waals surface area contributed by atoms with Crippen LogP contribution < -0.4 is 20.1 Å². The Morgan fingerprint density at radius 2 is 1.79 bits per heavy atom. The third-order valence-corrected chi connectivity index (χ3v) is 5.52. The van der Waals surface area contributed by atoms with Crippen molar-refractivity contribution in [2.45, 2.75) is 26.2 Å². The number of hydrogen-bond acceptors (Lipinski definition) is 4. The number of amides is 1. The van der Waals surface area contributed by atoms with Gasteiger partial charge in [0.05, 0.1) is 17.7 Å². The highest BCUT2D eigenvalue weighted by molar-refractivity contribution is 9.10. The predicted molar refractivity (Wildman–Crippen MR) is 140 cm³/mol. The van der Waals surface area contributed by atoms with Gasteiger partial charge in [0.2, 0.25) is 0 Å². The number of carbonyl (C=O) groups excluding carboxylic acids is 1. The lowest BCUT2D eigenvalue weighted by atomic mass is 10.1. The lowest BCUT2D eigenvalue weighted by Gasteiger charge is -2.12. The Kier molecular flexibility index (Phi) is 9.72. The molecule has 172 valence electrons. The van der Waals surface area contributed by atoms with Crippen LogP contribution in [0.1, 0.15) is 35.7 Å². The van der Waals surface area contributed by atoms with Crippen molar-refractivity contribution >= 4 is 44.9 Å². The van der Waals surface area contributed by atoms with E-state index in [1.54, 1.807) is 18.2 Å². The standard InChI is InChI=1S/C26H27BrN2O3S/c1-2-15-32-24-14-13-20(17-23(24)27)25(30)29-26(33)28-21-11-6-12-22(18-21)31-16-7-10-19-8-4-3-5-9-19/h3-6,8-9,11-14,17-18H,2,7,10,15-16H2,1H3,(H2,28,29,30,33). The molecule has 1 amide bonds. The van der Waals surface area contributed by atoms with Crippen molar-refractivity contribution in [1.82, 2.24) is 5.32 Å². The fourth-order valence-corrected chi connectivity index (χ4v) is 3.79. The van der Waals surface area contributed by atoms with Gasteiger partial charge in [-0.1, -0.05) is 43.3 Å². The Morgan fingerprint density at radius 1 is 0.970 bits per heavy atom. The highest BCUT2D eigenvalue weighted by atomic mass is 79.9. The van der Waals surface area contributed by atoms with E-state index in [-0.39, 0.29) is 11.0 Å². The first kappa shape index (κ1) is 24.7. The number of carbonyl (C=O) groups is 1. The SMILES string of the molecule is CCCOc1ccc(C(=O)NC(=S)Nc2cccc(OCCCc3ccccc3)c2)cc1Br. The van der Waals surface area contributed by atoms with Gasteiger partial charge >= 0.3 is 0 Å². The summed E-state index contributed by atoms with van der Waals surface area (Å²) < 4.78 is 12.2. The van der Waals surface area contributed by atoms with Crippen molar-refractivity contribution in [3.63, 3.8) is 0 Å². The second-order valence-electron chi connectivity index (χ2n) is 7.37. The Labute approximate surface area is 208 Å². The molecular weight excluding hydrogens is 500 g/mol. The van der Waals surface area contributed by atoms with Crippen molar-refractivity contribution < 1.29 is 14.3 Å². The molecule has 0 unspecified atom stereocenters. The normalized spacial score (nSPS) is 10.4. The molecule has 5 nitrogen and oxygen atoms in total. The Hall–Kier alpha value is -2.90. The van der Waals surface area contributed by atoms with Gasteiger partial charge < -0.3 is 14.8 Å². The van der Waals surface area contributed by atoms with Gasteiger partial charge in [-0.05, 0) is 83.3 Å². The summed E-state index contributed by atoms with van der Waals surface area (Å²) in [5.41, 5.74) is 2.52. The van der Waals surface area contributed by atoms with Gasteiger partial charge in [0.1, 0.15) is 11.5 Å². The van der Waals surface area contributed by atoms with E-state index in [9.17, 15) is 4.79 Å². The number of ether oxygens (including phenoxy) is 2. The van der Waals surface area contributed by atoms with Gasteiger partial charge in [0, 0.05) is 17.3 Å². The first-order valence-corrected chi connectivity index (χ1v) is 12.1. The minimum Gasteiger partial charge on any atom is -0.494 e. The van der Waals surface area contributed by atoms with Crippen molar-refractivity contribution in [2.75, 3.05) is 18.5 Å². The molecule has 0 heterocycles. The average molecular weight is 527 g/mol. The van der Waals surface area contributed by atoms with Crippen LogP contribution in [0.3, 0.4) is 0 Å². The van der Waals surface area contributed by atoms with Gasteiger partial charge in [-0.2, -0.15) is 0 Å². The summed E-state index contributed by atoms with van der Waals surface area (Å²) in [6, 6.07) is 23.0. The van der Waals surface area contributed by atoms with Crippen molar-refractivity contribution in [3.8, 4) is 11.5 Å². The summed E-state index contributed by atoms with van der Waals surface area (Å²) in [5.74, 6) is 1.15. The molecule has 3 aromatic carbocycles. The van der Waals surface area contributed by atoms with Crippen LogP contribution in [0.2, 0.25) is 0 Å². The number of benzene rings is 3. The predicted octanol–water partition coefficient (Wildman–Crippen LogP) is 6.38. The molecule has 3 aromatic rings. The van der Waals surface area contributed by atoms with Gasteiger partial charge in [0.25, 0.3) is 5.91 Å². The van der Waals surface area contributed by atoms with E-state index in [2.05, 4.69) is 38.7 Å². The lowest BCUT2D eigenvalue weighted by Crippen LogP contribution is -2.34. The maximum Gasteiger partial charge on any atom is 0.257 e. The van der Waals surface area contributed by atoms with E-state index < -0.39 is 0 Å². The van der Waals surface area contributed by atoms with Gasteiger partial charge in [-0.3, -0.25) is 10.1 Å². The van der Waals surface area contributed by atoms with E-state index in [1.807, 2.05) is 49.4 Å². The number of halogens is 1. The zero-order chi connectivity index (χ0) is 23.5. The summed E-state index contributed by atoms with van der Waals surface area (Å²) in [4.78, 5) is 12.6. The molecule has 3 rings (SSSR count). The van der Waals surface area contributed by atoms with Crippen LogP contribution in [-0.2, 0) is 6.42 Å². The van der Waals surface area contributed by atoms with Crippen LogP contribution in [0, 0.1) is 0 Å². The van der Waals surface area contributed by atoms with E-state index in [4.69, 9.17) is 21.7 Å². The zero-order valence-corrected chi connectivity index (χ0v) is 20.9. The Bertz CT molecular complexity index is 1080. The smallest absolute Gasteiger partial charge is 0.257 e. The molecule has 0 fully saturated rings. The van der Waals surface area contributed by atoms with Crippen molar-refractivity contribution in [1.29, 1.82) is 0 Å². The largest absolute Gasteiger partial charge is 0.494 e. The topological polar surface area (TPSA) is 59.6 Å². The van der Waals surface area contributed by atoms with Crippen LogP contribution in [-0.4, -0.2) is 24.2 Å². The molecule has 0 aliphatic heterocycles. The average Bonchev–Trinajstić information content (AvgIpc) is 2.82. The minimum atomic E-state index is -0.302. The molecule has 0 aromatic heterocycles. The molecule has 7 heteroatoms. The van der Waals surface area contributed by atoms with Gasteiger partial charge in [0.15, 0.2) is 5.11 Å². The second kappa shape index (κ2) is 13.0. The summed E-state index contributed by atoms with van der Waals surface area (Å²) in [5, 5.41) is 5.95. The van der Waals surface area contributed by atoms with Crippen molar-refractivity contribution in [3.05, 3.63) is 88.4 Å². The number of nitrogens with one attached hydrogen (secondary N) is 2. The molecule has 33 heavy (non-hydrogen) atoms. The van der Waals surface area contributed by atoms with Crippen LogP contribution in [0.5, 0.6) is 11.5 Å². The lowest BCUT2D eigenvalue weighted by molar-refractivity contribution is 0.0977. The third-order valence-electron chi connectivity index (χ3n) is 4.70. The molecule has 0 bridgehead atoms. The molecule has 0 aliphatic rings. The number of rotatable bonds is 10. The number of thiocarbonyl (C=S) groups is 1. The molecule has 0 saturated carbocycles. The minimum absolute atomic E-state index is 0.212. The van der Waals surface area contributed by atoms with Crippen LogP contribution in [0.4, 0.5) is 5.69 Å². The maximum absolute atomic E-state index is 12.6. The number of aryl methyl sites for hydroxylation is 1.